The molecule has 1 unspecified atom stereocenters. The Kier molecular flexibility index (Phi) is 6.94. The van der Waals surface area contributed by atoms with E-state index in [-0.39, 0.29) is 11.9 Å². The van der Waals surface area contributed by atoms with E-state index in [2.05, 4.69) is 39.5 Å². The molecule has 1 amide bonds. The number of amides is 1. The Bertz CT molecular complexity index is 642. The number of likely N-dealkylation sites (tertiary alicyclic amines) is 1. The topological polar surface area (TPSA) is 45.2 Å². The van der Waals surface area contributed by atoms with Crippen molar-refractivity contribution >= 4 is 5.91 Å². The normalized spacial score (nSPS) is 17.0. The van der Waals surface area contributed by atoms with Gasteiger partial charge >= 0.3 is 0 Å². The standard InChI is InChI=1S/C18H21N3O.C2H6/c1-14-17(8-5-10-19-14)18(22)20-16-9-11-21(13-16)12-15-6-3-2-4-7-15;1-2/h2-8,10,16H,9,11-13H2,1H3,(H,20,22);1-2H3. The van der Waals surface area contributed by atoms with Crippen LogP contribution in [-0.2, 0) is 6.54 Å². The van der Waals surface area contributed by atoms with Crippen molar-refractivity contribution in [1.29, 1.82) is 0 Å². The van der Waals surface area contributed by atoms with Crippen LogP contribution in [0.25, 0.3) is 0 Å². The van der Waals surface area contributed by atoms with Gasteiger partial charge in [0.2, 0.25) is 0 Å². The Morgan fingerprint density at radius 2 is 1.96 bits per heavy atom. The highest BCUT2D eigenvalue weighted by Crippen LogP contribution is 2.14. The second-order valence-electron chi connectivity index (χ2n) is 5.82. The largest absolute Gasteiger partial charge is 0.348 e. The Morgan fingerprint density at radius 3 is 2.67 bits per heavy atom. The molecule has 2 aromatic rings. The molecule has 4 nitrogen and oxygen atoms in total. The molecule has 1 aliphatic rings. The zero-order valence-electron chi connectivity index (χ0n) is 14.8. The number of aromatic nitrogens is 1. The summed E-state index contributed by atoms with van der Waals surface area (Å²) in [6.07, 6.45) is 2.71. The number of nitrogens with zero attached hydrogens (tertiary/aromatic N) is 2. The molecule has 1 aromatic carbocycles. The minimum absolute atomic E-state index is 0.0165. The van der Waals surface area contributed by atoms with Crippen LogP contribution in [0.1, 0.15) is 41.9 Å². The van der Waals surface area contributed by atoms with Gasteiger partial charge in [0.25, 0.3) is 5.91 Å². The quantitative estimate of drug-likeness (QED) is 0.937. The Labute approximate surface area is 144 Å². The Balaban J connectivity index is 0.00000100. The van der Waals surface area contributed by atoms with Gasteiger partial charge in [-0.05, 0) is 31.0 Å². The maximum absolute atomic E-state index is 12.3. The predicted octanol–water partition coefficient (Wildman–Crippen LogP) is 3.42. The van der Waals surface area contributed by atoms with Crippen LogP contribution in [0.2, 0.25) is 0 Å². The first-order chi connectivity index (χ1) is 11.7. The van der Waals surface area contributed by atoms with E-state index in [0.717, 1.165) is 31.7 Å². The van der Waals surface area contributed by atoms with Crippen LogP contribution >= 0.6 is 0 Å². The predicted molar refractivity (Wildman–Crippen MR) is 97.9 cm³/mol. The molecule has 0 aliphatic carbocycles. The van der Waals surface area contributed by atoms with Crippen molar-refractivity contribution in [2.45, 2.75) is 39.8 Å². The molecular weight excluding hydrogens is 298 g/mol. The molecule has 0 bridgehead atoms. The summed E-state index contributed by atoms with van der Waals surface area (Å²) in [7, 11) is 0. The van der Waals surface area contributed by atoms with Crippen molar-refractivity contribution in [2.75, 3.05) is 13.1 Å². The summed E-state index contributed by atoms with van der Waals surface area (Å²) in [5.41, 5.74) is 2.76. The molecule has 1 saturated heterocycles. The molecule has 1 aromatic heterocycles. The highest BCUT2D eigenvalue weighted by Gasteiger charge is 2.24. The smallest absolute Gasteiger partial charge is 0.253 e. The summed E-state index contributed by atoms with van der Waals surface area (Å²) in [5, 5.41) is 3.13. The van der Waals surface area contributed by atoms with Crippen LogP contribution in [-0.4, -0.2) is 34.9 Å². The fourth-order valence-corrected chi connectivity index (χ4v) is 2.92. The van der Waals surface area contributed by atoms with E-state index >= 15 is 0 Å². The number of benzene rings is 1. The molecule has 1 atom stereocenters. The van der Waals surface area contributed by atoms with Gasteiger partial charge in [0.05, 0.1) is 5.56 Å². The van der Waals surface area contributed by atoms with Gasteiger partial charge in [-0.25, -0.2) is 0 Å². The molecule has 1 aliphatic heterocycles. The van der Waals surface area contributed by atoms with E-state index in [1.165, 1.54) is 5.56 Å². The lowest BCUT2D eigenvalue weighted by Crippen LogP contribution is -2.37. The molecule has 0 radical (unpaired) electrons. The lowest BCUT2D eigenvalue weighted by Gasteiger charge is -2.17. The summed E-state index contributed by atoms with van der Waals surface area (Å²) >= 11 is 0. The molecule has 0 saturated carbocycles. The van der Waals surface area contributed by atoms with Gasteiger partial charge in [0, 0.05) is 37.6 Å². The molecular formula is C20H27N3O. The lowest BCUT2D eigenvalue weighted by molar-refractivity contribution is 0.0936. The number of pyridine rings is 1. The summed E-state index contributed by atoms with van der Waals surface area (Å²) in [4.78, 5) is 18.9. The van der Waals surface area contributed by atoms with Crippen molar-refractivity contribution in [3.8, 4) is 0 Å². The van der Waals surface area contributed by atoms with Crippen molar-refractivity contribution in [2.24, 2.45) is 0 Å². The second kappa shape index (κ2) is 9.18. The van der Waals surface area contributed by atoms with Crippen molar-refractivity contribution in [3.63, 3.8) is 0 Å². The third-order valence-corrected chi connectivity index (χ3v) is 4.11. The zero-order chi connectivity index (χ0) is 17.4. The number of nitrogens with one attached hydrogen (secondary N) is 1. The average molecular weight is 325 g/mol. The van der Waals surface area contributed by atoms with Crippen LogP contribution in [0.15, 0.2) is 48.7 Å². The van der Waals surface area contributed by atoms with Crippen LogP contribution in [0.3, 0.4) is 0 Å². The van der Waals surface area contributed by atoms with Crippen molar-refractivity contribution < 1.29 is 4.79 Å². The van der Waals surface area contributed by atoms with E-state index in [9.17, 15) is 4.79 Å². The molecule has 4 heteroatoms. The van der Waals surface area contributed by atoms with Crippen LogP contribution < -0.4 is 5.32 Å². The number of rotatable bonds is 4. The summed E-state index contributed by atoms with van der Waals surface area (Å²) in [6.45, 7) is 8.73. The van der Waals surface area contributed by atoms with E-state index in [4.69, 9.17) is 0 Å². The third-order valence-electron chi connectivity index (χ3n) is 4.11. The van der Waals surface area contributed by atoms with E-state index in [1.54, 1.807) is 12.3 Å². The SMILES string of the molecule is CC.Cc1ncccc1C(=O)NC1CCN(Cc2ccccc2)C1. The second-order valence-corrected chi connectivity index (χ2v) is 5.82. The molecule has 128 valence electrons. The van der Waals surface area contributed by atoms with Gasteiger partial charge in [-0.2, -0.15) is 0 Å². The van der Waals surface area contributed by atoms with Gasteiger partial charge in [-0.15, -0.1) is 0 Å². The van der Waals surface area contributed by atoms with E-state index in [0.29, 0.717) is 5.56 Å². The highest BCUT2D eigenvalue weighted by molar-refractivity contribution is 5.95. The summed E-state index contributed by atoms with van der Waals surface area (Å²) in [6, 6.07) is 14.3. The fourth-order valence-electron chi connectivity index (χ4n) is 2.92. The summed E-state index contributed by atoms with van der Waals surface area (Å²) < 4.78 is 0. The summed E-state index contributed by atoms with van der Waals surface area (Å²) in [5.74, 6) is -0.0165. The van der Waals surface area contributed by atoms with Crippen LogP contribution in [0.4, 0.5) is 0 Å². The van der Waals surface area contributed by atoms with Crippen molar-refractivity contribution in [1.82, 2.24) is 15.2 Å². The molecule has 24 heavy (non-hydrogen) atoms. The first-order valence-electron chi connectivity index (χ1n) is 8.71. The number of hydrogen-bond acceptors (Lipinski definition) is 3. The number of carbonyl (C=O) groups is 1. The van der Waals surface area contributed by atoms with E-state index in [1.807, 2.05) is 32.9 Å². The van der Waals surface area contributed by atoms with Crippen LogP contribution in [0, 0.1) is 6.92 Å². The molecule has 3 rings (SSSR count). The number of aryl methyl sites for hydroxylation is 1. The first-order valence-corrected chi connectivity index (χ1v) is 8.71. The zero-order valence-corrected chi connectivity index (χ0v) is 14.8. The van der Waals surface area contributed by atoms with Gasteiger partial charge in [-0.3, -0.25) is 14.7 Å². The number of hydrogen-bond donors (Lipinski definition) is 1. The molecule has 2 heterocycles. The lowest BCUT2D eigenvalue weighted by atomic mass is 10.1. The first kappa shape index (κ1) is 18.1. The highest BCUT2D eigenvalue weighted by atomic mass is 16.1. The fraction of sp³-hybridized carbons (Fsp3) is 0.400. The Morgan fingerprint density at radius 1 is 1.21 bits per heavy atom. The maximum Gasteiger partial charge on any atom is 0.253 e. The molecule has 1 N–H and O–H groups in total. The Hall–Kier alpha value is -2.20. The third kappa shape index (κ3) is 4.90. The van der Waals surface area contributed by atoms with Gasteiger partial charge in [-0.1, -0.05) is 44.2 Å². The van der Waals surface area contributed by atoms with Crippen molar-refractivity contribution in [3.05, 3.63) is 65.5 Å². The molecule has 1 fully saturated rings. The monoisotopic (exact) mass is 325 g/mol. The van der Waals surface area contributed by atoms with Crippen LogP contribution in [0.5, 0.6) is 0 Å². The maximum atomic E-state index is 12.3. The van der Waals surface area contributed by atoms with Gasteiger partial charge in [0.15, 0.2) is 0 Å². The molecule has 0 spiro atoms. The average Bonchev–Trinajstić information content (AvgIpc) is 3.05. The van der Waals surface area contributed by atoms with Gasteiger partial charge in [0.1, 0.15) is 0 Å². The van der Waals surface area contributed by atoms with Gasteiger partial charge < -0.3 is 5.32 Å². The van der Waals surface area contributed by atoms with E-state index < -0.39 is 0 Å². The minimum Gasteiger partial charge on any atom is -0.348 e. The minimum atomic E-state index is -0.0165. The number of carbonyl (C=O) groups excluding carboxylic acids is 1.